The number of nitrogens with one attached hydrogen (secondary N) is 1. The van der Waals surface area contributed by atoms with Crippen LogP contribution in [0.25, 0.3) is 0 Å². The van der Waals surface area contributed by atoms with Gasteiger partial charge in [0.25, 0.3) is 12.3 Å². The molecule has 2 aromatic heterocycles. The second-order valence-corrected chi connectivity index (χ2v) is 4.10. The van der Waals surface area contributed by atoms with Gasteiger partial charge in [0.15, 0.2) is 5.69 Å². The van der Waals surface area contributed by atoms with E-state index in [1.165, 1.54) is 36.5 Å². The van der Waals surface area contributed by atoms with Gasteiger partial charge in [0, 0.05) is 6.20 Å². The molecule has 0 radical (unpaired) electrons. The lowest BCUT2D eigenvalue weighted by Crippen LogP contribution is -2.19. The maximum atomic E-state index is 12.4. The molecule has 6 nitrogen and oxygen atoms in total. The molecule has 0 aliphatic heterocycles. The van der Waals surface area contributed by atoms with Crippen molar-refractivity contribution in [1.82, 2.24) is 9.55 Å². The molecule has 0 saturated heterocycles. The number of carbonyl (C=O) groups is 2. The Morgan fingerprint density at radius 2 is 2.05 bits per heavy atom. The van der Waals surface area contributed by atoms with Crippen molar-refractivity contribution in [2.75, 3.05) is 5.32 Å². The fourth-order valence-corrected chi connectivity index (χ4v) is 1.73. The van der Waals surface area contributed by atoms with Crippen molar-refractivity contribution in [2.24, 2.45) is 0 Å². The Labute approximate surface area is 118 Å². The van der Waals surface area contributed by atoms with Crippen LogP contribution in [0, 0.1) is 0 Å². The molecular weight excluding hydrogens is 284 g/mol. The van der Waals surface area contributed by atoms with E-state index in [1.54, 1.807) is 0 Å². The van der Waals surface area contributed by atoms with E-state index in [2.05, 4.69) is 10.3 Å². The Hall–Kier alpha value is -2.77. The number of halogens is 2. The first-order valence-electron chi connectivity index (χ1n) is 5.92. The molecule has 0 bridgehead atoms. The zero-order valence-electron chi connectivity index (χ0n) is 10.7. The minimum atomic E-state index is -2.59. The highest BCUT2D eigenvalue weighted by atomic mass is 19.3. The van der Waals surface area contributed by atoms with Crippen LogP contribution in [-0.2, 0) is 6.54 Å². The van der Waals surface area contributed by atoms with Gasteiger partial charge >= 0.3 is 5.97 Å². The Morgan fingerprint density at radius 1 is 1.29 bits per heavy atom. The van der Waals surface area contributed by atoms with E-state index >= 15 is 0 Å². The monoisotopic (exact) mass is 295 g/mol. The molecule has 0 fully saturated rings. The fraction of sp³-hybridized carbons (Fsp3) is 0.154. The standard InChI is InChI=1S/C13H11F2N3O3/c14-10(15)7-18-6-2-4-9(18)12(19)17-11-5-1-3-8(16-11)13(20)21/h1-6,10H,7H2,(H,20,21)(H,16,17,19). The third kappa shape index (κ3) is 3.62. The number of amides is 1. The Balaban J connectivity index is 2.17. The summed E-state index contributed by atoms with van der Waals surface area (Å²) in [6, 6.07) is 6.96. The average molecular weight is 295 g/mol. The number of pyridine rings is 1. The first kappa shape index (κ1) is 14.6. The van der Waals surface area contributed by atoms with Crippen molar-refractivity contribution in [2.45, 2.75) is 13.0 Å². The molecule has 0 unspecified atom stereocenters. The average Bonchev–Trinajstić information content (AvgIpc) is 2.86. The van der Waals surface area contributed by atoms with Gasteiger partial charge in [-0.15, -0.1) is 0 Å². The summed E-state index contributed by atoms with van der Waals surface area (Å²) in [5.41, 5.74) is -0.186. The van der Waals surface area contributed by atoms with Crippen LogP contribution in [0.1, 0.15) is 21.0 Å². The summed E-state index contributed by atoms with van der Waals surface area (Å²) >= 11 is 0. The van der Waals surface area contributed by atoms with Crippen LogP contribution in [0.4, 0.5) is 14.6 Å². The molecule has 0 spiro atoms. The minimum Gasteiger partial charge on any atom is -0.477 e. The highest BCUT2D eigenvalue weighted by molar-refractivity contribution is 6.02. The first-order chi connectivity index (χ1) is 9.97. The molecule has 1 amide bonds. The van der Waals surface area contributed by atoms with Crippen molar-refractivity contribution in [3.05, 3.63) is 47.9 Å². The SMILES string of the molecule is O=C(O)c1cccc(NC(=O)c2cccn2CC(F)F)n1. The number of carboxylic acids is 1. The Morgan fingerprint density at radius 3 is 2.71 bits per heavy atom. The molecule has 2 heterocycles. The summed E-state index contributed by atoms with van der Waals surface area (Å²) in [6.07, 6.45) is -1.22. The summed E-state index contributed by atoms with van der Waals surface area (Å²) in [5.74, 6) is -1.84. The maximum Gasteiger partial charge on any atom is 0.354 e. The molecule has 110 valence electrons. The van der Waals surface area contributed by atoms with Gasteiger partial charge in [0.2, 0.25) is 0 Å². The van der Waals surface area contributed by atoms with E-state index in [0.717, 1.165) is 4.57 Å². The van der Waals surface area contributed by atoms with Gasteiger partial charge < -0.3 is 15.0 Å². The molecule has 2 N–H and O–H groups in total. The van der Waals surface area contributed by atoms with Crippen LogP contribution >= 0.6 is 0 Å². The summed E-state index contributed by atoms with van der Waals surface area (Å²) in [5, 5.41) is 11.2. The van der Waals surface area contributed by atoms with Crippen molar-refractivity contribution in [3.63, 3.8) is 0 Å². The molecule has 8 heteroatoms. The van der Waals surface area contributed by atoms with Gasteiger partial charge in [-0.1, -0.05) is 6.07 Å². The predicted molar refractivity (Wildman–Crippen MR) is 69.6 cm³/mol. The van der Waals surface area contributed by atoms with Gasteiger partial charge in [-0.2, -0.15) is 0 Å². The Kier molecular flexibility index (Phi) is 4.27. The number of carbonyl (C=O) groups excluding carboxylic acids is 1. The van der Waals surface area contributed by atoms with Crippen LogP contribution in [0.15, 0.2) is 36.5 Å². The molecule has 2 rings (SSSR count). The van der Waals surface area contributed by atoms with Crippen LogP contribution in [0.5, 0.6) is 0 Å². The van der Waals surface area contributed by atoms with Crippen molar-refractivity contribution >= 4 is 17.7 Å². The van der Waals surface area contributed by atoms with E-state index in [-0.39, 0.29) is 17.2 Å². The zero-order chi connectivity index (χ0) is 15.4. The number of aromatic carboxylic acids is 1. The number of hydrogen-bond acceptors (Lipinski definition) is 3. The second kappa shape index (κ2) is 6.12. The molecule has 0 saturated carbocycles. The van der Waals surface area contributed by atoms with Gasteiger partial charge in [-0.3, -0.25) is 4.79 Å². The molecular formula is C13H11F2N3O3. The number of nitrogens with zero attached hydrogens (tertiary/aromatic N) is 2. The summed E-state index contributed by atoms with van der Waals surface area (Å²) < 4.78 is 25.9. The van der Waals surface area contributed by atoms with E-state index in [4.69, 9.17) is 5.11 Å². The summed E-state index contributed by atoms with van der Waals surface area (Å²) in [6.45, 7) is -0.599. The van der Waals surface area contributed by atoms with Gasteiger partial charge in [-0.05, 0) is 24.3 Å². The molecule has 0 atom stereocenters. The van der Waals surface area contributed by atoms with E-state index in [0.29, 0.717) is 0 Å². The molecule has 21 heavy (non-hydrogen) atoms. The second-order valence-electron chi connectivity index (χ2n) is 4.10. The summed E-state index contributed by atoms with van der Waals surface area (Å²) in [4.78, 5) is 26.5. The van der Waals surface area contributed by atoms with Gasteiger partial charge in [-0.25, -0.2) is 18.6 Å². The quantitative estimate of drug-likeness (QED) is 0.884. The molecule has 0 aliphatic carbocycles. The van der Waals surface area contributed by atoms with Crippen molar-refractivity contribution in [1.29, 1.82) is 0 Å². The molecule has 2 aromatic rings. The van der Waals surface area contributed by atoms with Crippen LogP contribution in [0.2, 0.25) is 0 Å². The van der Waals surface area contributed by atoms with Crippen molar-refractivity contribution in [3.8, 4) is 0 Å². The largest absolute Gasteiger partial charge is 0.477 e. The number of aromatic nitrogens is 2. The number of alkyl halides is 2. The third-order valence-electron chi connectivity index (χ3n) is 2.61. The van der Waals surface area contributed by atoms with Gasteiger partial charge in [0.05, 0.1) is 6.54 Å². The highest BCUT2D eigenvalue weighted by Crippen LogP contribution is 2.10. The number of hydrogen-bond donors (Lipinski definition) is 2. The Bertz CT molecular complexity index is 670. The molecule has 0 aromatic carbocycles. The fourth-order valence-electron chi connectivity index (χ4n) is 1.73. The number of anilines is 1. The minimum absolute atomic E-state index is 0.0321. The highest BCUT2D eigenvalue weighted by Gasteiger charge is 2.15. The predicted octanol–water partition coefficient (Wildman–Crippen LogP) is 2.10. The van der Waals surface area contributed by atoms with E-state index in [1.807, 2.05) is 0 Å². The lowest BCUT2D eigenvalue weighted by atomic mass is 10.3. The third-order valence-corrected chi connectivity index (χ3v) is 2.61. The number of rotatable bonds is 5. The lowest BCUT2D eigenvalue weighted by molar-refractivity contribution is 0.0690. The zero-order valence-corrected chi connectivity index (χ0v) is 10.7. The van der Waals surface area contributed by atoms with Gasteiger partial charge in [0.1, 0.15) is 11.5 Å². The maximum absolute atomic E-state index is 12.4. The van der Waals surface area contributed by atoms with Crippen LogP contribution in [0.3, 0.4) is 0 Å². The van der Waals surface area contributed by atoms with E-state index < -0.39 is 24.8 Å². The van der Waals surface area contributed by atoms with E-state index in [9.17, 15) is 18.4 Å². The van der Waals surface area contributed by atoms with Crippen molar-refractivity contribution < 1.29 is 23.5 Å². The first-order valence-corrected chi connectivity index (χ1v) is 5.92. The summed E-state index contributed by atoms with van der Waals surface area (Å²) in [7, 11) is 0. The van der Waals surface area contributed by atoms with Crippen LogP contribution < -0.4 is 5.32 Å². The number of carboxylic acid groups (broad SMARTS) is 1. The lowest BCUT2D eigenvalue weighted by Gasteiger charge is -2.09. The normalized spacial score (nSPS) is 10.6. The molecule has 0 aliphatic rings. The smallest absolute Gasteiger partial charge is 0.354 e. The van der Waals surface area contributed by atoms with Crippen LogP contribution in [-0.4, -0.2) is 33.0 Å². The topological polar surface area (TPSA) is 84.2 Å².